The zero-order chi connectivity index (χ0) is 15.8. The van der Waals surface area contributed by atoms with Crippen LogP contribution in [0.1, 0.15) is 40.5 Å². The van der Waals surface area contributed by atoms with Crippen LogP contribution in [0, 0.1) is 0 Å². The van der Waals surface area contributed by atoms with Gasteiger partial charge in [0.2, 0.25) is 0 Å². The van der Waals surface area contributed by atoms with Crippen LogP contribution >= 0.6 is 0 Å². The van der Waals surface area contributed by atoms with Crippen molar-refractivity contribution in [3.05, 3.63) is 65.7 Å². The molecule has 5 heteroatoms. The molecule has 0 bridgehead atoms. The molecule has 118 valence electrons. The molecule has 0 aliphatic heterocycles. The fourth-order valence-electron chi connectivity index (χ4n) is 1.79. The van der Waals surface area contributed by atoms with Crippen LogP contribution in [-0.4, -0.2) is 56.3 Å². The minimum absolute atomic E-state index is 0. The van der Waals surface area contributed by atoms with Crippen LogP contribution in [0.15, 0.2) is 54.6 Å². The SMILES string of the molecule is CCCCOC(=O)c1ccc(OC(=O)c2ccccc2)cc1.[CaH2]. The van der Waals surface area contributed by atoms with Crippen molar-refractivity contribution in [2.75, 3.05) is 6.61 Å². The molecule has 0 saturated heterocycles. The van der Waals surface area contributed by atoms with Gasteiger partial charge in [0.15, 0.2) is 0 Å². The molecule has 2 rings (SSSR count). The maximum atomic E-state index is 11.9. The number of rotatable bonds is 6. The molecule has 0 unspecified atom stereocenters. The van der Waals surface area contributed by atoms with Crippen LogP contribution in [0.4, 0.5) is 0 Å². The summed E-state index contributed by atoms with van der Waals surface area (Å²) >= 11 is 0. The Balaban J connectivity index is 0.00000264. The second kappa shape index (κ2) is 10.4. The van der Waals surface area contributed by atoms with E-state index in [2.05, 4.69) is 0 Å². The summed E-state index contributed by atoms with van der Waals surface area (Å²) in [6, 6.07) is 15.1. The zero-order valence-corrected chi connectivity index (χ0v) is 12.5. The monoisotopic (exact) mass is 340 g/mol. The third-order valence-corrected chi connectivity index (χ3v) is 3.04. The Labute approximate surface area is 165 Å². The van der Waals surface area contributed by atoms with Gasteiger partial charge in [0.1, 0.15) is 5.75 Å². The Morgan fingerprint density at radius 2 is 1.48 bits per heavy atom. The Morgan fingerprint density at radius 1 is 0.870 bits per heavy atom. The van der Waals surface area contributed by atoms with E-state index >= 15 is 0 Å². The molecule has 0 spiro atoms. The summed E-state index contributed by atoms with van der Waals surface area (Å²) < 4.78 is 10.4. The number of unbranched alkanes of at least 4 members (excludes halogenated alkanes) is 1. The van der Waals surface area contributed by atoms with Gasteiger partial charge in [-0.15, -0.1) is 0 Å². The third kappa shape index (κ3) is 6.34. The van der Waals surface area contributed by atoms with Gasteiger partial charge >= 0.3 is 49.7 Å². The normalized spacial score (nSPS) is 9.61. The summed E-state index contributed by atoms with van der Waals surface area (Å²) in [6.07, 6.45) is 1.82. The van der Waals surface area contributed by atoms with E-state index < -0.39 is 5.97 Å². The van der Waals surface area contributed by atoms with Crippen molar-refractivity contribution in [2.45, 2.75) is 19.8 Å². The van der Waals surface area contributed by atoms with E-state index in [1.165, 1.54) is 0 Å². The van der Waals surface area contributed by atoms with Gasteiger partial charge in [-0.1, -0.05) is 31.5 Å². The van der Waals surface area contributed by atoms with E-state index in [9.17, 15) is 9.59 Å². The molecule has 0 atom stereocenters. The van der Waals surface area contributed by atoms with E-state index in [0.29, 0.717) is 23.5 Å². The third-order valence-electron chi connectivity index (χ3n) is 3.04. The summed E-state index contributed by atoms with van der Waals surface area (Å²) in [7, 11) is 0. The van der Waals surface area contributed by atoms with E-state index in [-0.39, 0.29) is 43.7 Å². The minimum atomic E-state index is -0.432. The van der Waals surface area contributed by atoms with Gasteiger partial charge in [-0.05, 0) is 42.8 Å². The first-order valence-electron chi connectivity index (χ1n) is 7.25. The first-order chi connectivity index (χ1) is 10.7. The number of hydrogen-bond donors (Lipinski definition) is 0. The first-order valence-corrected chi connectivity index (χ1v) is 7.25. The number of ether oxygens (including phenoxy) is 2. The Morgan fingerprint density at radius 3 is 2.09 bits per heavy atom. The molecule has 0 aliphatic carbocycles. The number of carbonyl (C=O) groups excluding carboxylic acids is 2. The summed E-state index contributed by atoms with van der Waals surface area (Å²) in [6.45, 7) is 2.45. The molecule has 2 aromatic rings. The maximum absolute atomic E-state index is 11.9. The van der Waals surface area contributed by atoms with Gasteiger partial charge in [0.05, 0.1) is 17.7 Å². The standard InChI is InChI=1S/C18H18O4.Ca.2H/c1-2-3-13-21-17(19)15-9-11-16(12-10-15)22-18(20)14-7-5-4-6-8-14;;;/h4-12H,2-3,13H2,1H3;;;. The van der Waals surface area contributed by atoms with E-state index in [0.717, 1.165) is 12.8 Å². The second-order valence-corrected chi connectivity index (χ2v) is 4.77. The molecule has 0 radical (unpaired) electrons. The Kier molecular flexibility index (Phi) is 8.92. The summed E-state index contributed by atoms with van der Waals surface area (Å²) in [5.74, 6) is -0.410. The number of benzene rings is 2. The average Bonchev–Trinajstić information content (AvgIpc) is 2.56. The molecule has 2 aromatic carbocycles. The van der Waals surface area contributed by atoms with Crippen molar-refractivity contribution >= 4 is 49.7 Å². The van der Waals surface area contributed by atoms with Crippen molar-refractivity contribution in [3.63, 3.8) is 0 Å². The van der Waals surface area contributed by atoms with E-state index in [1.807, 2.05) is 13.0 Å². The summed E-state index contributed by atoms with van der Waals surface area (Å²) in [4.78, 5) is 23.6. The van der Waals surface area contributed by atoms with Crippen LogP contribution in [0.2, 0.25) is 0 Å². The topological polar surface area (TPSA) is 52.6 Å². The second-order valence-electron chi connectivity index (χ2n) is 4.77. The zero-order valence-electron chi connectivity index (χ0n) is 12.5. The fraction of sp³-hybridized carbons (Fsp3) is 0.222. The Hall–Kier alpha value is -1.36. The van der Waals surface area contributed by atoms with Gasteiger partial charge in [-0.2, -0.15) is 0 Å². The van der Waals surface area contributed by atoms with Crippen LogP contribution in [0.5, 0.6) is 5.75 Å². The molecule has 4 nitrogen and oxygen atoms in total. The predicted octanol–water partition coefficient (Wildman–Crippen LogP) is 2.95. The quantitative estimate of drug-likeness (QED) is 0.351. The van der Waals surface area contributed by atoms with Crippen LogP contribution < -0.4 is 4.74 Å². The van der Waals surface area contributed by atoms with Gasteiger partial charge in [0, 0.05) is 0 Å². The van der Waals surface area contributed by atoms with Gasteiger partial charge < -0.3 is 9.47 Å². The molecular formula is C18H20CaO4. The molecule has 0 aliphatic rings. The molecule has 0 saturated carbocycles. The fourth-order valence-corrected chi connectivity index (χ4v) is 1.79. The number of esters is 2. The van der Waals surface area contributed by atoms with Gasteiger partial charge in [-0.25, -0.2) is 9.59 Å². The predicted molar refractivity (Wildman–Crippen MR) is 91.6 cm³/mol. The van der Waals surface area contributed by atoms with E-state index in [4.69, 9.17) is 9.47 Å². The molecule has 0 fully saturated rings. The van der Waals surface area contributed by atoms with Gasteiger partial charge in [0.25, 0.3) is 0 Å². The average molecular weight is 340 g/mol. The number of carbonyl (C=O) groups is 2. The van der Waals surface area contributed by atoms with Crippen LogP contribution in [0.25, 0.3) is 0 Å². The molecule has 0 N–H and O–H groups in total. The van der Waals surface area contributed by atoms with Gasteiger partial charge in [-0.3, -0.25) is 0 Å². The first kappa shape index (κ1) is 19.7. The Bertz CT molecular complexity index is 623. The van der Waals surface area contributed by atoms with Crippen molar-refractivity contribution in [2.24, 2.45) is 0 Å². The van der Waals surface area contributed by atoms with Crippen molar-refractivity contribution in [3.8, 4) is 5.75 Å². The summed E-state index contributed by atoms with van der Waals surface area (Å²) in [5.41, 5.74) is 0.918. The number of hydrogen-bond acceptors (Lipinski definition) is 4. The van der Waals surface area contributed by atoms with E-state index in [1.54, 1.807) is 48.5 Å². The van der Waals surface area contributed by atoms with Crippen LogP contribution in [-0.2, 0) is 4.74 Å². The molecule has 0 aromatic heterocycles. The van der Waals surface area contributed by atoms with Crippen molar-refractivity contribution in [1.82, 2.24) is 0 Å². The molecule has 0 heterocycles. The molecule has 23 heavy (non-hydrogen) atoms. The van der Waals surface area contributed by atoms with Crippen LogP contribution in [0.3, 0.4) is 0 Å². The van der Waals surface area contributed by atoms with Crippen molar-refractivity contribution in [1.29, 1.82) is 0 Å². The van der Waals surface area contributed by atoms with Crippen molar-refractivity contribution < 1.29 is 19.1 Å². The molecular weight excluding hydrogens is 320 g/mol. The summed E-state index contributed by atoms with van der Waals surface area (Å²) in [5, 5.41) is 0. The molecule has 0 amide bonds.